The van der Waals surface area contributed by atoms with Crippen molar-refractivity contribution in [3.63, 3.8) is 0 Å². The molecule has 1 aliphatic rings. The van der Waals surface area contributed by atoms with Gasteiger partial charge in [0.2, 0.25) is 0 Å². The number of rotatable bonds is 5. The summed E-state index contributed by atoms with van der Waals surface area (Å²) in [6, 6.07) is 5.07. The molecular formula is C11H15N5S. The van der Waals surface area contributed by atoms with Crippen LogP contribution < -0.4 is 5.32 Å². The topological polar surface area (TPSA) is 55.6 Å². The van der Waals surface area contributed by atoms with Crippen molar-refractivity contribution in [3.05, 3.63) is 28.2 Å². The smallest absolute Gasteiger partial charge is 0.165 e. The van der Waals surface area contributed by atoms with Gasteiger partial charge < -0.3 is 5.32 Å². The minimum Gasteiger partial charge on any atom is -0.307 e. The summed E-state index contributed by atoms with van der Waals surface area (Å²) in [4.78, 5) is 1.28. The summed E-state index contributed by atoms with van der Waals surface area (Å²) >= 11 is 1.74. The highest BCUT2D eigenvalue weighted by Crippen LogP contribution is 2.23. The summed E-state index contributed by atoms with van der Waals surface area (Å²) < 4.78 is 1.90. The summed E-state index contributed by atoms with van der Waals surface area (Å²) in [5.41, 5.74) is 0. The molecule has 1 N–H and O–H groups in total. The molecule has 90 valence electrons. The molecule has 0 bridgehead atoms. The molecule has 5 nitrogen and oxygen atoms in total. The third-order valence-corrected chi connectivity index (χ3v) is 4.05. The maximum absolute atomic E-state index is 4.09. The SMILES string of the molecule is CC(c1cccs1)n1nnnc1CNC1CC1. The zero-order valence-electron chi connectivity index (χ0n) is 9.71. The quantitative estimate of drug-likeness (QED) is 0.874. The van der Waals surface area contributed by atoms with Crippen molar-refractivity contribution < 1.29 is 0 Å². The summed E-state index contributed by atoms with van der Waals surface area (Å²) in [5, 5.41) is 17.5. The summed E-state index contributed by atoms with van der Waals surface area (Å²) in [7, 11) is 0. The molecule has 1 atom stereocenters. The largest absolute Gasteiger partial charge is 0.307 e. The molecular weight excluding hydrogens is 234 g/mol. The van der Waals surface area contributed by atoms with Gasteiger partial charge in [-0.05, 0) is 41.6 Å². The number of tetrazole rings is 1. The van der Waals surface area contributed by atoms with Crippen LogP contribution in [0, 0.1) is 0 Å². The van der Waals surface area contributed by atoms with Crippen LogP contribution in [0.4, 0.5) is 0 Å². The number of nitrogens with one attached hydrogen (secondary N) is 1. The van der Waals surface area contributed by atoms with Crippen molar-refractivity contribution >= 4 is 11.3 Å². The van der Waals surface area contributed by atoms with E-state index in [1.54, 1.807) is 11.3 Å². The fraction of sp³-hybridized carbons (Fsp3) is 0.545. The Kier molecular flexibility index (Phi) is 2.90. The normalized spacial score (nSPS) is 17.2. The highest BCUT2D eigenvalue weighted by molar-refractivity contribution is 7.10. The molecule has 2 aromatic heterocycles. The molecule has 1 fully saturated rings. The second kappa shape index (κ2) is 4.54. The van der Waals surface area contributed by atoms with Crippen LogP contribution in [0.1, 0.15) is 36.5 Å². The molecule has 0 aromatic carbocycles. The molecule has 3 rings (SSSR count). The van der Waals surface area contributed by atoms with Crippen molar-refractivity contribution in [2.75, 3.05) is 0 Å². The van der Waals surface area contributed by atoms with Gasteiger partial charge in [-0.3, -0.25) is 0 Å². The highest BCUT2D eigenvalue weighted by Gasteiger charge is 2.22. The lowest BCUT2D eigenvalue weighted by Crippen LogP contribution is -2.21. The van der Waals surface area contributed by atoms with Gasteiger partial charge in [0.05, 0.1) is 12.6 Å². The Morgan fingerprint density at radius 3 is 3.18 bits per heavy atom. The van der Waals surface area contributed by atoms with Gasteiger partial charge in [-0.15, -0.1) is 16.4 Å². The molecule has 2 aromatic rings. The van der Waals surface area contributed by atoms with E-state index in [0.29, 0.717) is 6.04 Å². The van der Waals surface area contributed by atoms with Crippen LogP contribution in [0.2, 0.25) is 0 Å². The molecule has 0 aliphatic heterocycles. The van der Waals surface area contributed by atoms with Crippen molar-refractivity contribution in [2.45, 2.75) is 38.4 Å². The second-order valence-corrected chi connectivity index (χ2v) is 5.37. The van der Waals surface area contributed by atoms with Crippen molar-refractivity contribution in [2.24, 2.45) is 0 Å². The van der Waals surface area contributed by atoms with E-state index >= 15 is 0 Å². The van der Waals surface area contributed by atoms with Gasteiger partial charge >= 0.3 is 0 Å². The molecule has 0 radical (unpaired) electrons. The lowest BCUT2D eigenvalue weighted by Gasteiger charge is -2.11. The van der Waals surface area contributed by atoms with Gasteiger partial charge in [0, 0.05) is 10.9 Å². The van der Waals surface area contributed by atoms with Crippen molar-refractivity contribution in [1.82, 2.24) is 25.5 Å². The first kappa shape index (κ1) is 10.9. The molecule has 0 amide bonds. The van der Waals surface area contributed by atoms with Crippen LogP contribution >= 0.6 is 11.3 Å². The molecule has 17 heavy (non-hydrogen) atoms. The monoisotopic (exact) mass is 249 g/mol. The molecule has 6 heteroatoms. The third kappa shape index (κ3) is 2.37. The van der Waals surface area contributed by atoms with Crippen LogP contribution in [-0.4, -0.2) is 26.2 Å². The van der Waals surface area contributed by atoms with E-state index in [2.05, 4.69) is 45.3 Å². The zero-order chi connectivity index (χ0) is 11.7. The Bertz CT molecular complexity index is 474. The molecule has 2 heterocycles. The number of thiophene rings is 1. The van der Waals surface area contributed by atoms with Gasteiger partial charge in [0.25, 0.3) is 0 Å². The summed E-state index contributed by atoms with van der Waals surface area (Å²) in [5.74, 6) is 0.915. The Morgan fingerprint density at radius 2 is 2.47 bits per heavy atom. The number of aromatic nitrogens is 4. The number of hydrogen-bond acceptors (Lipinski definition) is 5. The van der Waals surface area contributed by atoms with Gasteiger partial charge in [-0.25, -0.2) is 4.68 Å². The number of nitrogens with zero attached hydrogens (tertiary/aromatic N) is 4. The molecule has 1 unspecified atom stereocenters. The van der Waals surface area contributed by atoms with Gasteiger partial charge in [-0.1, -0.05) is 6.07 Å². The predicted molar refractivity (Wildman–Crippen MR) is 65.8 cm³/mol. The first-order valence-corrected chi connectivity index (χ1v) is 6.76. The minimum absolute atomic E-state index is 0.209. The van der Waals surface area contributed by atoms with Gasteiger partial charge in [0.15, 0.2) is 5.82 Å². The third-order valence-electron chi connectivity index (χ3n) is 3.01. The summed E-state index contributed by atoms with van der Waals surface area (Å²) in [6.07, 6.45) is 2.56. The predicted octanol–water partition coefficient (Wildman–Crippen LogP) is 1.60. The minimum atomic E-state index is 0.209. The first-order valence-electron chi connectivity index (χ1n) is 5.88. The van der Waals surface area contributed by atoms with E-state index in [-0.39, 0.29) is 6.04 Å². The van der Waals surface area contributed by atoms with E-state index in [0.717, 1.165) is 12.4 Å². The molecule has 0 spiro atoms. The van der Waals surface area contributed by atoms with Gasteiger partial charge in [0.1, 0.15) is 0 Å². The zero-order valence-corrected chi connectivity index (χ0v) is 10.5. The first-order chi connectivity index (χ1) is 8.34. The van der Waals surface area contributed by atoms with E-state index in [4.69, 9.17) is 0 Å². The maximum atomic E-state index is 4.09. The fourth-order valence-corrected chi connectivity index (χ4v) is 2.57. The lowest BCUT2D eigenvalue weighted by molar-refractivity contribution is 0.510. The Hall–Kier alpha value is -1.27. The van der Waals surface area contributed by atoms with Gasteiger partial charge in [-0.2, -0.15) is 0 Å². The molecule has 1 aliphatic carbocycles. The maximum Gasteiger partial charge on any atom is 0.165 e. The van der Waals surface area contributed by atoms with Crippen LogP contribution in [0.5, 0.6) is 0 Å². The van der Waals surface area contributed by atoms with Crippen LogP contribution in [0.3, 0.4) is 0 Å². The van der Waals surface area contributed by atoms with Crippen LogP contribution in [-0.2, 0) is 6.54 Å². The Balaban J connectivity index is 1.75. The Morgan fingerprint density at radius 1 is 1.59 bits per heavy atom. The van der Waals surface area contributed by atoms with E-state index in [9.17, 15) is 0 Å². The lowest BCUT2D eigenvalue weighted by atomic mass is 10.3. The Labute approximate surface area is 104 Å². The average Bonchev–Trinajstić information content (AvgIpc) is 2.86. The summed E-state index contributed by atoms with van der Waals surface area (Å²) in [6.45, 7) is 2.89. The van der Waals surface area contributed by atoms with Crippen LogP contribution in [0.15, 0.2) is 17.5 Å². The second-order valence-electron chi connectivity index (χ2n) is 4.39. The fourth-order valence-electron chi connectivity index (χ4n) is 1.80. The number of hydrogen-bond donors (Lipinski definition) is 1. The van der Waals surface area contributed by atoms with Crippen molar-refractivity contribution in [1.29, 1.82) is 0 Å². The highest BCUT2D eigenvalue weighted by atomic mass is 32.1. The van der Waals surface area contributed by atoms with E-state index in [1.807, 2.05) is 4.68 Å². The molecule has 1 saturated carbocycles. The standard InChI is InChI=1S/C11H15N5S/c1-8(10-3-2-6-17-10)16-11(13-14-15-16)7-12-9-4-5-9/h2-3,6,8-9,12H,4-5,7H2,1H3. The van der Waals surface area contributed by atoms with Crippen LogP contribution in [0.25, 0.3) is 0 Å². The molecule has 0 saturated heterocycles. The van der Waals surface area contributed by atoms with E-state index in [1.165, 1.54) is 17.7 Å². The van der Waals surface area contributed by atoms with E-state index < -0.39 is 0 Å². The van der Waals surface area contributed by atoms with Crippen molar-refractivity contribution in [3.8, 4) is 0 Å². The average molecular weight is 249 g/mol.